The Hall–Kier alpha value is -0.850. The normalized spacial score (nSPS) is 10.2. The minimum absolute atomic E-state index is 0.350. The first-order valence-electron chi connectivity index (χ1n) is 3.40. The Morgan fingerprint density at radius 2 is 2.09 bits per heavy atom. The second-order valence-corrected chi connectivity index (χ2v) is 1.91. The molecular weight excluding hydrogens is 148 g/mol. The zero-order valence-electron chi connectivity index (χ0n) is 6.74. The fourth-order valence-corrected chi connectivity index (χ4v) is 0.475. The Balaban J connectivity index is 3.77. The van der Waals surface area contributed by atoms with E-state index in [1.54, 1.807) is 6.92 Å². The molecule has 0 rings (SSSR count). The Kier molecular flexibility index (Phi) is 4.51. The van der Waals surface area contributed by atoms with E-state index in [9.17, 15) is 4.79 Å². The van der Waals surface area contributed by atoms with Crippen molar-refractivity contribution in [1.29, 1.82) is 0 Å². The lowest BCUT2D eigenvalue weighted by Crippen LogP contribution is -2.54. The summed E-state index contributed by atoms with van der Waals surface area (Å²) in [6, 6.07) is 0. The van der Waals surface area contributed by atoms with E-state index < -0.39 is 6.09 Å². The highest BCUT2D eigenvalue weighted by molar-refractivity contribution is 5.64. The fraction of sp³-hybridized carbons (Fsp3) is 0.800. The van der Waals surface area contributed by atoms with E-state index in [2.05, 4.69) is 5.53 Å². The van der Waals surface area contributed by atoms with Gasteiger partial charge < -0.3 is 5.11 Å². The Labute approximate surface area is 65.5 Å². The molecule has 0 aromatic heterocycles. The van der Waals surface area contributed by atoms with Gasteiger partial charge >= 0.3 is 6.09 Å². The topological polar surface area (TPSA) is 81.8 Å². The number of amides is 1. The molecule has 6 nitrogen and oxygen atoms in total. The van der Waals surface area contributed by atoms with Crippen molar-refractivity contribution in [3.63, 3.8) is 0 Å². The minimum Gasteiger partial charge on any atom is -0.464 e. The van der Waals surface area contributed by atoms with Crippen molar-refractivity contribution >= 4 is 6.09 Å². The number of nitrogens with zero attached hydrogens (tertiary/aromatic N) is 2. The van der Waals surface area contributed by atoms with Gasteiger partial charge in [0.15, 0.2) is 0 Å². The maximum atomic E-state index is 10.4. The first-order valence-corrected chi connectivity index (χ1v) is 3.40. The summed E-state index contributed by atoms with van der Waals surface area (Å²) < 4.78 is 0. The number of hydrogen-bond donors (Lipinski definition) is 3. The van der Waals surface area contributed by atoms with Crippen LogP contribution in [-0.4, -0.2) is 34.4 Å². The molecule has 0 aliphatic heterocycles. The van der Waals surface area contributed by atoms with E-state index in [1.807, 2.05) is 6.92 Å². The monoisotopic (exact) mass is 162 g/mol. The number of hydrogen-bond acceptors (Lipinski definition) is 4. The summed E-state index contributed by atoms with van der Waals surface area (Å²) in [4.78, 5) is 10.4. The highest BCUT2D eigenvalue weighted by Crippen LogP contribution is 1.82. The molecule has 4 N–H and O–H groups in total. The van der Waals surface area contributed by atoms with E-state index in [-0.39, 0.29) is 0 Å². The van der Waals surface area contributed by atoms with Gasteiger partial charge in [-0.05, 0) is 13.8 Å². The van der Waals surface area contributed by atoms with Crippen molar-refractivity contribution in [2.75, 3.05) is 13.1 Å². The van der Waals surface area contributed by atoms with Crippen molar-refractivity contribution < 1.29 is 9.90 Å². The molecule has 1 amide bonds. The van der Waals surface area contributed by atoms with Gasteiger partial charge in [-0.15, -0.1) is 5.53 Å². The zero-order chi connectivity index (χ0) is 8.85. The van der Waals surface area contributed by atoms with Crippen molar-refractivity contribution in [2.24, 2.45) is 5.84 Å². The van der Waals surface area contributed by atoms with E-state index in [1.165, 1.54) is 5.12 Å². The van der Waals surface area contributed by atoms with E-state index in [4.69, 9.17) is 10.9 Å². The van der Waals surface area contributed by atoms with Crippen LogP contribution in [0.1, 0.15) is 13.8 Å². The number of carbonyl (C=O) groups is 1. The molecule has 11 heavy (non-hydrogen) atoms. The third-order valence-corrected chi connectivity index (χ3v) is 1.14. The van der Waals surface area contributed by atoms with Crippen molar-refractivity contribution in [3.05, 3.63) is 0 Å². The summed E-state index contributed by atoms with van der Waals surface area (Å²) in [5.41, 5.74) is 2.46. The van der Waals surface area contributed by atoms with Crippen LogP contribution in [0.2, 0.25) is 0 Å². The van der Waals surface area contributed by atoms with Gasteiger partial charge in [-0.1, -0.05) is 0 Å². The molecule has 0 bridgehead atoms. The van der Waals surface area contributed by atoms with Crippen LogP contribution in [0, 0.1) is 0 Å². The van der Waals surface area contributed by atoms with Crippen molar-refractivity contribution in [3.8, 4) is 0 Å². The Bertz CT molecular complexity index is 130. The van der Waals surface area contributed by atoms with Crippen LogP contribution in [0.3, 0.4) is 0 Å². The molecule has 0 aliphatic rings. The number of rotatable bonds is 4. The molecule has 0 radical (unpaired) electrons. The molecule has 0 aliphatic carbocycles. The lowest BCUT2D eigenvalue weighted by molar-refractivity contribution is 0.0333. The molecule has 6 heteroatoms. The van der Waals surface area contributed by atoms with Crippen molar-refractivity contribution in [2.45, 2.75) is 13.8 Å². The predicted octanol–water partition coefficient (Wildman–Crippen LogP) is -0.398. The molecule has 0 heterocycles. The minimum atomic E-state index is -1.04. The maximum absolute atomic E-state index is 10.4. The molecular formula is C5H14N4O2. The van der Waals surface area contributed by atoms with Crippen LogP contribution < -0.4 is 11.4 Å². The third-order valence-electron chi connectivity index (χ3n) is 1.14. The summed E-state index contributed by atoms with van der Waals surface area (Å²) in [7, 11) is 0. The predicted molar refractivity (Wildman–Crippen MR) is 40.1 cm³/mol. The van der Waals surface area contributed by atoms with Gasteiger partial charge in [-0.2, -0.15) is 5.12 Å². The van der Waals surface area contributed by atoms with Gasteiger partial charge in [0, 0.05) is 13.1 Å². The van der Waals surface area contributed by atoms with Gasteiger partial charge in [0.1, 0.15) is 0 Å². The van der Waals surface area contributed by atoms with Crippen LogP contribution >= 0.6 is 0 Å². The average Bonchev–Trinajstić information content (AvgIpc) is 1.99. The summed E-state index contributed by atoms with van der Waals surface area (Å²) >= 11 is 0. The summed E-state index contributed by atoms with van der Waals surface area (Å²) in [6.45, 7) is 4.40. The van der Waals surface area contributed by atoms with Crippen LogP contribution in [0.15, 0.2) is 0 Å². The molecule has 0 aromatic carbocycles. The lowest BCUT2D eigenvalue weighted by atomic mass is 10.7. The molecule has 0 spiro atoms. The summed E-state index contributed by atoms with van der Waals surface area (Å²) in [5.74, 6) is 5.30. The van der Waals surface area contributed by atoms with Gasteiger partial charge in [-0.3, -0.25) is 5.84 Å². The molecule has 66 valence electrons. The summed E-state index contributed by atoms with van der Waals surface area (Å²) in [6.07, 6.45) is -1.04. The molecule has 0 saturated heterocycles. The highest BCUT2D eigenvalue weighted by atomic mass is 16.4. The molecule has 0 unspecified atom stereocenters. The fourth-order valence-electron chi connectivity index (χ4n) is 0.475. The molecule has 0 saturated carbocycles. The van der Waals surface area contributed by atoms with Gasteiger partial charge in [0.05, 0.1) is 0 Å². The molecule has 0 fully saturated rings. The zero-order valence-corrected chi connectivity index (χ0v) is 6.74. The van der Waals surface area contributed by atoms with Gasteiger partial charge in [0.25, 0.3) is 0 Å². The third kappa shape index (κ3) is 3.76. The number of nitrogens with one attached hydrogen (secondary N) is 1. The first kappa shape index (κ1) is 10.2. The first-order chi connectivity index (χ1) is 5.11. The molecule has 0 atom stereocenters. The van der Waals surface area contributed by atoms with E-state index in [0.717, 1.165) is 5.01 Å². The van der Waals surface area contributed by atoms with Crippen molar-refractivity contribution in [1.82, 2.24) is 15.7 Å². The number of carboxylic acid groups (broad SMARTS) is 1. The Morgan fingerprint density at radius 1 is 1.55 bits per heavy atom. The number of nitrogens with two attached hydrogens (primary N) is 1. The molecule has 0 aromatic rings. The lowest BCUT2D eigenvalue weighted by Gasteiger charge is -2.23. The average molecular weight is 162 g/mol. The number of hydrazine groups is 3. The SMILES string of the molecule is CCN(N)NN(CC)C(=O)O. The van der Waals surface area contributed by atoms with Crippen LogP contribution in [0.25, 0.3) is 0 Å². The second-order valence-electron chi connectivity index (χ2n) is 1.91. The highest BCUT2D eigenvalue weighted by Gasteiger charge is 2.09. The smallest absolute Gasteiger partial charge is 0.422 e. The van der Waals surface area contributed by atoms with Crippen LogP contribution in [0.4, 0.5) is 4.79 Å². The summed E-state index contributed by atoms with van der Waals surface area (Å²) in [5, 5.41) is 10.7. The standard InChI is InChI=1S/C5H14N4O2/c1-3-8(5(10)11)7-9(6)4-2/h7H,3-4,6H2,1-2H3,(H,10,11). The maximum Gasteiger partial charge on any atom is 0.422 e. The van der Waals surface area contributed by atoms with Gasteiger partial charge in [0.2, 0.25) is 0 Å². The second kappa shape index (κ2) is 4.89. The van der Waals surface area contributed by atoms with Crippen LogP contribution in [0.5, 0.6) is 0 Å². The Morgan fingerprint density at radius 3 is 2.36 bits per heavy atom. The van der Waals surface area contributed by atoms with Gasteiger partial charge in [-0.25, -0.2) is 9.80 Å². The van der Waals surface area contributed by atoms with E-state index in [0.29, 0.717) is 13.1 Å². The van der Waals surface area contributed by atoms with Crippen LogP contribution in [-0.2, 0) is 0 Å². The quantitative estimate of drug-likeness (QED) is 0.387. The largest absolute Gasteiger partial charge is 0.464 e. The van der Waals surface area contributed by atoms with E-state index >= 15 is 0 Å².